The molecule has 0 spiro atoms. The van der Waals surface area contributed by atoms with Crippen LogP contribution in [-0.2, 0) is 4.79 Å². The topological polar surface area (TPSA) is 75.4 Å². The largest absolute Gasteiger partial charge is 0.480 e. The average molecular weight is 160 g/mol. The van der Waals surface area contributed by atoms with E-state index in [0.29, 0.717) is 5.70 Å². The van der Waals surface area contributed by atoms with Crippen molar-refractivity contribution in [3.63, 3.8) is 0 Å². The van der Waals surface area contributed by atoms with Gasteiger partial charge >= 0.3 is 5.97 Å². The Morgan fingerprint density at radius 2 is 2.70 bits per heavy atom. The van der Waals surface area contributed by atoms with E-state index in [1.165, 1.54) is 11.8 Å². The maximum absolute atomic E-state index is 10.3. The van der Waals surface area contributed by atoms with Crippen molar-refractivity contribution in [3.05, 3.63) is 11.1 Å². The van der Waals surface area contributed by atoms with Crippen LogP contribution < -0.4 is 11.1 Å². The molecule has 1 atom stereocenters. The highest BCUT2D eigenvalue weighted by Crippen LogP contribution is 2.13. The summed E-state index contributed by atoms with van der Waals surface area (Å²) in [6.45, 7) is 0. The monoisotopic (exact) mass is 160 g/mol. The van der Waals surface area contributed by atoms with Crippen LogP contribution in [0.3, 0.4) is 0 Å². The van der Waals surface area contributed by atoms with E-state index in [0.717, 1.165) is 5.88 Å². The molecule has 1 heterocycles. The van der Waals surface area contributed by atoms with E-state index >= 15 is 0 Å². The summed E-state index contributed by atoms with van der Waals surface area (Å²) < 4.78 is 0. The predicted octanol–water partition coefficient (Wildman–Crippen LogP) is -0.466. The summed E-state index contributed by atoms with van der Waals surface area (Å²) in [5, 5.41) is 13.0. The third kappa shape index (κ3) is 1.43. The van der Waals surface area contributed by atoms with Gasteiger partial charge in [0.1, 0.15) is 6.04 Å². The third-order valence-corrected chi connectivity index (χ3v) is 1.90. The number of nitrogens with one attached hydrogen (secondary N) is 1. The highest BCUT2D eigenvalue weighted by atomic mass is 32.2. The molecule has 0 aromatic carbocycles. The van der Waals surface area contributed by atoms with Crippen molar-refractivity contribution in [2.75, 3.05) is 5.88 Å². The smallest absolute Gasteiger partial charge is 0.326 e. The van der Waals surface area contributed by atoms with Gasteiger partial charge in [0, 0.05) is 5.70 Å². The van der Waals surface area contributed by atoms with Crippen LogP contribution in [0.5, 0.6) is 0 Å². The average Bonchev–Trinajstić information content (AvgIpc) is 2.36. The molecule has 0 saturated heterocycles. The van der Waals surface area contributed by atoms with E-state index in [4.69, 9.17) is 10.8 Å². The Morgan fingerprint density at radius 1 is 2.00 bits per heavy atom. The van der Waals surface area contributed by atoms with Gasteiger partial charge in [-0.25, -0.2) is 0 Å². The van der Waals surface area contributed by atoms with E-state index in [-0.39, 0.29) is 0 Å². The number of hydrogen-bond acceptors (Lipinski definition) is 4. The maximum atomic E-state index is 10.3. The van der Waals surface area contributed by atoms with Crippen molar-refractivity contribution in [2.45, 2.75) is 6.04 Å². The number of nitrogens with two attached hydrogens (primary N) is 1. The molecule has 0 aromatic rings. The lowest BCUT2D eigenvalue weighted by atomic mass is 10.2. The predicted molar refractivity (Wildman–Crippen MR) is 39.3 cm³/mol. The molecule has 0 fully saturated rings. The highest BCUT2D eigenvalue weighted by molar-refractivity contribution is 8.02. The van der Waals surface area contributed by atoms with Gasteiger partial charge in [-0.1, -0.05) is 0 Å². The lowest BCUT2D eigenvalue weighted by Gasteiger charge is -2.06. The second-order valence-electron chi connectivity index (χ2n) is 1.88. The van der Waals surface area contributed by atoms with Gasteiger partial charge in [0.05, 0.1) is 5.88 Å². The fourth-order valence-electron chi connectivity index (χ4n) is 0.614. The number of hydrogen-bond donors (Lipinski definition) is 3. The zero-order valence-electron chi connectivity index (χ0n) is 5.20. The van der Waals surface area contributed by atoms with Crippen molar-refractivity contribution in [1.82, 2.24) is 5.32 Å². The van der Waals surface area contributed by atoms with E-state index < -0.39 is 12.0 Å². The normalized spacial score (nSPS) is 19.5. The van der Waals surface area contributed by atoms with Gasteiger partial charge in [0.2, 0.25) is 0 Å². The summed E-state index contributed by atoms with van der Waals surface area (Å²) in [6.07, 6.45) is 0. The minimum Gasteiger partial charge on any atom is -0.480 e. The molecule has 5 heteroatoms. The summed E-state index contributed by atoms with van der Waals surface area (Å²) in [5.41, 5.74) is 5.87. The molecule has 4 N–H and O–H groups in total. The summed E-state index contributed by atoms with van der Waals surface area (Å²) in [5.74, 6) is -0.280. The molecule has 0 aliphatic carbocycles. The van der Waals surface area contributed by atoms with Crippen LogP contribution in [0.25, 0.3) is 0 Å². The Morgan fingerprint density at radius 3 is 3.10 bits per heavy atom. The highest BCUT2D eigenvalue weighted by Gasteiger charge is 2.18. The summed E-state index contributed by atoms with van der Waals surface area (Å²) in [4.78, 5) is 10.3. The van der Waals surface area contributed by atoms with Gasteiger partial charge in [0.15, 0.2) is 0 Å². The third-order valence-electron chi connectivity index (χ3n) is 1.17. The minimum absolute atomic E-state index is 0.595. The van der Waals surface area contributed by atoms with Crippen LogP contribution >= 0.6 is 11.8 Å². The molecular weight excluding hydrogens is 152 g/mol. The van der Waals surface area contributed by atoms with Crippen molar-refractivity contribution in [3.8, 4) is 0 Å². The summed E-state index contributed by atoms with van der Waals surface area (Å²) >= 11 is 1.51. The molecule has 56 valence electrons. The lowest BCUT2D eigenvalue weighted by Crippen LogP contribution is -2.36. The van der Waals surface area contributed by atoms with Crippen LogP contribution in [0.15, 0.2) is 11.1 Å². The second-order valence-corrected chi connectivity index (χ2v) is 2.73. The Labute approximate surface area is 62.5 Å². The molecule has 1 rings (SSSR count). The Bertz CT molecular complexity index is 180. The van der Waals surface area contributed by atoms with Gasteiger partial charge < -0.3 is 16.2 Å². The Kier molecular flexibility index (Phi) is 2.18. The van der Waals surface area contributed by atoms with Crippen molar-refractivity contribution >= 4 is 17.7 Å². The molecule has 0 saturated carbocycles. The van der Waals surface area contributed by atoms with Crippen LogP contribution in [0.1, 0.15) is 0 Å². The van der Waals surface area contributed by atoms with E-state index in [2.05, 4.69) is 5.32 Å². The first-order valence-corrected chi connectivity index (χ1v) is 3.80. The quantitative estimate of drug-likeness (QED) is 0.509. The van der Waals surface area contributed by atoms with Gasteiger partial charge in [-0.15, -0.1) is 11.8 Å². The first-order chi connectivity index (χ1) is 4.72. The first kappa shape index (κ1) is 7.43. The summed E-state index contributed by atoms with van der Waals surface area (Å²) in [7, 11) is 0. The van der Waals surface area contributed by atoms with E-state index in [1.807, 2.05) is 0 Å². The standard InChI is InChI=1S/C5H8N2O2S/c6-4(5(8)9)3-1-10-2-7-3/h1,4,7H,2,6H2,(H,8,9). The van der Waals surface area contributed by atoms with Gasteiger partial charge in [-0.2, -0.15) is 0 Å². The fraction of sp³-hybridized carbons (Fsp3) is 0.400. The zero-order valence-corrected chi connectivity index (χ0v) is 6.02. The Hall–Kier alpha value is -0.680. The molecule has 0 radical (unpaired) electrons. The second kappa shape index (κ2) is 2.94. The number of carboxylic acids is 1. The first-order valence-electron chi connectivity index (χ1n) is 2.76. The van der Waals surface area contributed by atoms with Crippen LogP contribution in [0.2, 0.25) is 0 Å². The number of carbonyl (C=O) groups is 1. The molecule has 1 aliphatic heterocycles. The van der Waals surface area contributed by atoms with Gasteiger partial charge in [-0.05, 0) is 5.41 Å². The molecule has 0 aromatic heterocycles. The zero-order chi connectivity index (χ0) is 7.56. The van der Waals surface area contributed by atoms with Crippen molar-refractivity contribution < 1.29 is 9.90 Å². The molecule has 1 aliphatic rings. The van der Waals surface area contributed by atoms with Crippen LogP contribution in [0, 0.1) is 0 Å². The number of thioether (sulfide) groups is 1. The van der Waals surface area contributed by atoms with Crippen LogP contribution in [0.4, 0.5) is 0 Å². The molecular formula is C5H8N2O2S. The van der Waals surface area contributed by atoms with E-state index in [1.54, 1.807) is 5.41 Å². The van der Waals surface area contributed by atoms with Crippen molar-refractivity contribution in [1.29, 1.82) is 0 Å². The van der Waals surface area contributed by atoms with Gasteiger partial charge in [0.25, 0.3) is 0 Å². The van der Waals surface area contributed by atoms with Gasteiger partial charge in [-0.3, -0.25) is 4.79 Å². The summed E-state index contributed by atoms with van der Waals surface area (Å²) in [6, 6.07) is -0.894. The molecule has 0 bridgehead atoms. The molecule has 10 heavy (non-hydrogen) atoms. The lowest BCUT2D eigenvalue weighted by molar-refractivity contribution is -0.137. The fourth-order valence-corrected chi connectivity index (χ4v) is 1.36. The minimum atomic E-state index is -0.999. The van der Waals surface area contributed by atoms with Crippen molar-refractivity contribution in [2.24, 2.45) is 5.73 Å². The molecule has 0 amide bonds. The number of rotatable bonds is 2. The SMILES string of the molecule is NC(C(=O)O)C1=CSCN1. The number of aliphatic carboxylic acids is 1. The maximum Gasteiger partial charge on any atom is 0.326 e. The molecule has 1 unspecified atom stereocenters. The van der Waals surface area contributed by atoms with E-state index in [9.17, 15) is 4.79 Å². The van der Waals surface area contributed by atoms with Crippen LogP contribution in [-0.4, -0.2) is 23.0 Å². The molecule has 4 nitrogen and oxygen atoms in total. The number of carboxylic acid groups (broad SMARTS) is 1. The Balaban J connectivity index is 2.55.